The fraction of sp³-hybridized carbons (Fsp3) is 0.500. The summed E-state index contributed by atoms with van der Waals surface area (Å²) in [7, 11) is 0. The van der Waals surface area contributed by atoms with E-state index >= 15 is 0 Å². The smallest absolute Gasteiger partial charge is 0.331 e. The average Bonchev–Trinajstić information content (AvgIpc) is 3.46. The average molecular weight is 477 g/mol. The molecule has 1 aliphatic rings. The van der Waals surface area contributed by atoms with Crippen molar-refractivity contribution in [2.45, 2.75) is 77.4 Å². The number of carbonyl (C=O) groups is 2. The first-order valence-electron chi connectivity index (χ1n) is 11.0. The normalized spacial score (nSPS) is 21.0. The van der Waals surface area contributed by atoms with Crippen LogP contribution in [0.1, 0.15) is 51.2 Å². The number of aliphatic carboxylic acids is 1. The number of hydrogen-bond donors (Lipinski definition) is 2. The van der Waals surface area contributed by atoms with Crippen molar-refractivity contribution in [2.75, 3.05) is 0 Å². The highest BCUT2D eigenvalue weighted by Gasteiger charge is 2.40. The SMILES string of the molecule is CCC(CC)O[C@@H]1C=C(C(=O)O)C[C@H](N(Cc2ccsc2)Cc2ccsc2)[C@H]1NC(C)=O. The molecule has 174 valence electrons. The molecule has 0 aliphatic heterocycles. The number of carboxylic acid groups (broad SMARTS) is 1. The maximum atomic E-state index is 12.2. The van der Waals surface area contributed by atoms with E-state index in [2.05, 4.69) is 47.0 Å². The molecule has 0 spiro atoms. The lowest BCUT2D eigenvalue weighted by Gasteiger charge is -2.43. The van der Waals surface area contributed by atoms with Gasteiger partial charge in [-0.25, -0.2) is 4.79 Å². The van der Waals surface area contributed by atoms with E-state index in [1.165, 1.54) is 18.1 Å². The van der Waals surface area contributed by atoms with Gasteiger partial charge in [-0.3, -0.25) is 9.69 Å². The molecule has 0 bridgehead atoms. The summed E-state index contributed by atoms with van der Waals surface area (Å²) in [4.78, 5) is 26.5. The molecular weight excluding hydrogens is 444 g/mol. The predicted octanol–water partition coefficient (Wildman–Crippen LogP) is 4.67. The molecule has 32 heavy (non-hydrogen) atoms. The van der Waals surface area contributed by atoms with Gasteiger partial charge in [0.15, 0.2) is 0 Å². The molecule has 1 amide bonds. The molecule has 3 atom stereocenters. The second kappa shape index (κ2) is 11.7. The molecular formula is C24H32N2O4S2. The number of hydrogen-bond acceptors (Lipinski definition) is 6. The lowest BCUT2D eigenvalue weighted by Crippen LogP contribution is -2.59. The molecule has 6 nitrogen and oxygen atoms in total. The van der Waals surface area contributed by atoms with Crippen LogP contribution in [0.2, 0.25) is 0 Å². The van der Waals surface area contributed by atoms with Crippen molar-refractivity contribution in [1.82, 2.24) is 10.2 Å². The first-order chi connectivity index (χ1) is 15.4. The molecule has 0 saturated heterocycles. The molecule has 0 unspecified atom stereocenters. The third-order valence-electron chi connectivity index (χ3n) is 5.87. The molecule has 2 aromatic heterocycles. The minimum atomic E-state index is -0.930. The van der Waals surface area contributed by atoms with Crippen molar-refractivity contribution in [3.63, 3.8) is 0 Å². The number of nitrogens with one attached hydrogen (secondary N) is 1. The summed E-state index contributed by atoms with van der Waals surface area (Å²) in [6.45, 7) is 6.96. The Morgan fingerprint density at radius 3 is 2.19 bits per heavy atom. The van der Waals surface area contributed by atoms with E-state index in [-0.39, 0.29) is 24.1 Å². The third-order valence-corrected chi connectivity index (χ3v) is 7.33. The van der Waals surface area contributed by atoms with Crippen LogP contribution in [-0.2, 0) is 27.4 Å². The van der Waals surface area contributed by atoms with Gasteiger partial charge in [-0.15, -0.1) is 0 Å². The Morgan fingerprint density at radius 1 is 1.16 bits per heavy atom. The van der Waals surface area contributed by atoms with E-state index in [9.17, 15) is 14.7 Å². The highest BCUT2D eigenvalue weighted by Crippen LogP contribution is 2.30. The molecule has 0 aromatic carbocycles. The van der Waals surface area contributed by atoms with Crippen molar-refractivity contribution < 1.29 is 19.4 Å². The zero-order valence-corrected chi connectivity index (χ0v) is 20.5. The van der Waals surface area contributed by atoms with Gasteiger partial charge >= 0.3 is 5.97 Å². The van der Waals surface area contributed by atoms with Crippen LogP contribution in [0.3, 0.4) is 0 Å². The Balaban J connectivity index is 1.98. The van der Waals surface area contributed by atoms with Gasteiger partial charge in [0, 0.05) is 31.6 Å². The zero-order valence-electron chi connectivity index (χ0n) is 18.8. The van der Waals surface area contributed by atoms with E-state index in [0.29, 0.717) is 25.1 Å². The minimum Gasteiger partial charge on any atom is -0.478 e. The van der Waals surface area contributed by atoms with E-state index in [1.807, 2.05) is 10.8 Å². The van der Waals surface area contributed by atoms with Crippen LogP contribution in [-0.4, -0.2) is 46.2 Å². The Kier molecular flexibility index (Phi) is 9.04. The summed E-state index contributed by atoms with van der Waals surface area (Å²) in [5.74, 6) is -1.07. The maximum Gasteiger partial charge on any atom is 0.331 e. The number of rotatable bonds is 11. The van der Waals surface area contributed by atoms with Crippen LogP contribution < -0.4 is 5.32 Å². The van der Waals surface area contributed by atoms with Gasteiger partial charge in [-0.2, -0.15) is 22.7 Å². The summed E-state index contributed by atoms with van der Waals surface area (Å²) < 4.78 is 6.36. The van der Waals surface area contributed by atoms with Crippen LogP contribution in [0, 0.1) is 0 Å². The quantitative estimate of drug-likeness (QED) is 0.493. The van der Waals surface area contributed by atoms with Crippen molar-refractivity contribution in [1.29, 1.82) is 0 Å². The summed E-state index contributed by atoms with van der Waals surface area (Å²) in [6.07, 6.45) is 3.20. The lowest BCUT2D eigenvalue weighted by molar-refractivity contribution is -0.133. The molecule has 2 heterocycles. The van der Waals surface area contributed by atoms with Crippen LogP contribution in [0.5, 0.6) is 0 Å². The number of nitrogens with zero attached hydrogens (tertiary/aromatic N) is 1. The lowest BCUT2D eigenvalue weighted by atomic mass is 9.86. The summed E-state index contributed by atoms with van der Waals surface area (Å²) in [5, 5.41) is 21.3. The van der Waals surface area contributed by atoms with Gasteiger partial charge in [0.05, 0.1) is 18.2 Å². The number of carboxylic acids is 1. The largest absolute Gasteiger partial charge is 0.478 e. The number of thiophene rings is 2. The predicted molar refractivity (Wildman–Crippen MR) is 129 cm³/mol. The van der Waals surface area contributed by atoms with Crippen molar-refractivity contribution in [3.8, 4) is 0 Å². The van der Waals surface area contributed by atoms with E-state index in [4.69, 9.17) is 4.74 Å². The van der Waals surface area contributed by atoms with Crippen LogP contribution in [0.15, 0.2) is 45.3 Å². The standard InChI is InChI=1S/C24H32N2O4S2/c1-4-20(5-2)30-22-11-19(24(28)29)10-21(23(22)25-16(3)27)26(12-17-6-8-31-14-17)13-18-7-9-32-15-18/h6-9,11,14-15,20-23H,4-5,10,12-13H2,1-3H3,(H,25,27)(H,28,29)/t21-,22+,23+/m0/s1. The first kappa shape index (κ1) is 24.6. The summed E-state index contributed by atoms with van der Waals surface area (Å²) in [6, 6.07) is 3.63. The second-order valence-corrected chi connectivity index (χ2v) is 9.76. The molecule has 2 aromatic rings. The Morgan fingerprint density at radius 2 is 1.75 bits per heavy atom. The van der Waals surface area contributed by atoms with Crippen molar-refractivity contribution >= 4 is 34.6 Å². The highest BCUT2D eigenvalue weighted by atomic mass is 32.1. The summed E-state index contributed by atoms with van der Waals surface area (Å²) in [5.41, 5.74) is 2.69. The molecule has 0 saturated carbocycles. The fourth-order valence-corrected chi connectivity index (χ4v) is 5.54. The van der Waals surface area contributed by atoms with Gasteiger partial charge < -0.3 is 15.2 Å². The molecule has 0 fully saturated rings. The first-order valence-corrected chi connectivity index (χ1v) is 12.9. The Hall–Kier alpha value is -2.00. The number of amides is 1. The number of ether oxygens (including phenoxy) is 1. The fourth-order valence-electron chi connectivity index (χ4n) is 4.22. The van der Waals surface area contributed by atoms with Crippen molar-refractivity contribution in [2.24, 2.45) is 0 Å². The zero-order chi connectivity index (χ0) is 23.1. The van der Waals surface area contributed by atoms with E-state index < -0.39 is 12.1 Å². The maximum absolute atomic E-state index is 12.2. The number of carbonyl (C=O) groups excluding carboxylic acids is 1. The van der Waals surface area contributed by atoms with Gasteiger partial charge in [-0.1, -0.05) is 13.8 Å². The molecule has 8 heteroatoms. The molecule has 2 N–H and O–H groups in total. The topological polar surface area (TPSA) is 78.9 Å². The van der Waals surface area contributed by atoms with Crippen LogP contribution in [0.25, 0.3) is 0 Å². The highest BCUT2D eigenvalue weighted by molar-refractivity contribution is 7.08. The van der Waals surface area contributed by atoms with Crippen LogP contribution in [0.4, 0.5) is 0 Å². The van der Waals surface area contributed by atoms with Crippen molar-refractivity contribution in [3.05, 3.63) is 56.4 Å². The second-order valence-electron chi connectivity index (χ2n) is 8.20. The van der Waals surface area contributed by atoms with E-state index in [1.54, 1.807) is 28.7 Å². The Labute approximate surface area is 197 Å². The summed E-state index contributed by atoms with van der Waals surface area (Å²) >= 11 is 3.29. The monoisotopic (exact) mass is 476 g/mol. The molecule has 3 rings (SSSR count). The van der Waals surface area contributed by atoms with Gasteiger partial charge in [0.25, 0.3) is 0 Å². The minimum absolute atomic E-state index is 0.00324. The third kappa shape index (κ3) is 6.51. The van der Waals surface area contributed by atoms with Gasteiger partial charge in [-0.05, 0) is 70.1 Å². The Bertz CT molecular complexity index is 855. The van der Waals surface area contributed by atoms with Gasteiger partial charge in [0.1, 0.15) is 0 Å². The molecule has 0 radical (unpaired) electrons. The van der Waals surface area contributed by atoms with E-state index in [0.717, 1.165) is 12.8 Å². The van der Waals surface area contributed by atoms with Crippen LogP contribution >= 0.6 is 22.7 Å². The van der Waals surface area contributed by atoms with Gasteiger partial charge in [0.2, 0.25) is 5.91 Å². The molecule has 1 aliphatic carbocycles.